The van der Waals surface area contributed by atoms with Gasteiger partial charge in [-0.3, -0.25) is 0 Å². The number of hydrogen-bond donors (Lipinski definition) is 1. The molecule has 0 aliphatic rings. The van der Waals surface area contributed by atoms with Crippen LogP contribution in [0.3, 0.4) is 0 Å². The van der Waals surface area contributed by atoms with E-state index in [1.54, 1.807) is 0 Å². The van der Waals surface area contributed by atoms with Gasteiger partial charge in [-0.25, -0.2) is 4.99 Å². The largest absolute Gasteiger partial charge is 0.399 e. The van der Waals surface area contributed by atoms with Gasteiger partial charge in [-0.1, -0.05) is 103 Å². The number of nitrogen functional groups attached to an aromatic ring is 1. The predicted octanol–water partition coefficient (Wildman–Crippen LogP) is 8.28. The van der Waals surface area contributed by atoms with Crippen LogP contribution in [0.15, 0.2) is 126 Å². The van der Waals surface area contributed by atoms with E-state index in [-0.39, 0.29) is 0 Å². The van der Waals surface area contributed by atoms with E-state index in [1.165, 1.54) is 11.1 Å². The molecule has 0 fully saturated rings. The highest BCUT2D eigenvalue weighted by molar-refractivity contribution is 6.17. The van der Waals surface area contributed by atoms with Crippen LogP contribution in [-0.2, 0) is 0 Å². The molecule has 0 saturated heterocycles. The molecule has 168 valence electrons. The smallest absolute Gasteiger partial charge is 0.0741 e. The Bertz CT molecular complexity index is 1330. The van der Waals surface area contributed by atoms with Crippen LogP contribution in [0.2, 0.25) is 0 Å². The van der Waals surface area contributed by atoms with Gasteiger partial charge in [0.2, 0.25) is 0 Å². The molecular weight excluding hydrogens is 412 g/mol. The van der Waals surface area contributed by atoms with E-state index < -0.39 is 0 Å². The lowest BCUT2D eigenvalue weighted by Crippen LogP contribution is -2.05. The molecule has 4 aromatic rings. The van der Waals surface area contributed by atoms with E-state index in [0.29, 0.717) is 0 Å². The zero-order valence-electron chi connectivity index (χ0n) is 20.0. The third kappa shape index (κ3) is 5.24. The fraction of sp³-hybridized carbons (Fsp3) is 0.0938. The van der Waals surface area contributed by atoms with Gasteiger partial charge < -0.3 is 5.73 Å². The van der Waals surface area contributed by atoms with Crippen LogP contribution >= 0.6 is 0 Å². The summed E-state index contributed by atoms with van der Waals surface area (Å²) in [5, 5.41) is 0. The first-order valence-corrected chi connectivity index (χ1v) is 11.6. The summed E-state index contributed by atoms with van der Waals surface area (Å²) in [6.45, 7) is 6.37. The third-order valence-electron chi connectivity index (χ3n) is 6.10. The number of anilines is 1. The van der Waals surface area contributed by atoms with Crippen molar-refractivity contribution in [2.45, 2.75) is 20.8 Å². The Kier molecular flexibility index (Phi) is 7.19. The first-order valence-electron chi connectivity index (χ1n) is 11.6. The van der Waals surface area contributed by atoms with E-state index in [9.17, 15) is 0 Å². The van der Waals surface area contributed by atoms with Crippen molar-refractivity contribution in [1.82, 2.24) is 0 Å². The third-order valence-corrected chi connectivity index (χ3v) is 6.10. The van der Waals surface area contributed by atoms with Crippen LogP contribution in [0.1, 0.15) is 37.5 Å². The molecule has 0 atom stereocenters. The molecule has 0 aliphatic carbocycles. The summed E-state index contributed by atoms with van der Waals surface area (Å²) in [5.41, 5.74) is 16.6. The molecule has 0 amide bonds. The Morgan fingerprint density at radius 3 is 1.65 bits per heavy atom. The second-order valence-corrected chi connectivity index (χ2v) is 8.32. The Labute approximate surface area is 202 Å². The lowest BCUT2D eigenvalue weighted by molar-refractivity contribution is 1.42. The molecule has 0 unspecified atom stereocenters. The number of benzene rings is 4. The van der Waals surface area contributed by atoms with Gasteiger partial charge in [-0.15, -0.1) is 0 Å². The zero-order valence-corrected chi connectivity index (χ0v) is 20.0. The van der Waals surface area contributed by atoms with Crippen LogP contribution in [0.25, 0.3) is 22.4 Å². The fourth-order valence-electron chi connectivity index (χ4n) is 3.97. The van der Waals surface area contributed by atoms with E-state index in [0.717, 1.165) is 44.9 Å². The first kappa shape index (κ1) is 23.0. The van der Waals surface area contributed by atoms with E-state index >= 15 is 0 Å². The zero-order chi connectivity index (χ0) is 23.9. The summed E-state index contributed by atoms with van der Waals surface area (Å²) < 4.78 is 0. The number of nitrogens with two attached hydrogens (primary N) is 1. The molecule has 34 heavy (non-hydrogen) atoms. The SMILES string of the molecule is C/C=C(/N=C(/C(C)=C(\C)c1ccccc1)c1ccccc1)c1ccc(-c2ccc(N)cc2)cc1. The maximum absolute atomic E-state index is 5.84. The van der Waals surface area contributed by atoms with Crippen molar-refractivity contribution in [3.8, 4) is 11.1 Å². The standard InChI is InChI=1S/C32H30N2/c1-4-31(28-17-15-26(16-18-28)27-19-21-30(33)22-20-27)34-32(29-13-9-6-10-14-29)24(3)23(2)25-11-7-5-8-12-25/h4-22H,33H2,1-3H3/b24-23+,31-4+,34-32-. The van der Waals surface area contributed by atoms with Crippen molar-refractivity contribution >= 4 is 22.7 Å². The number of aliphatic imine (C=N–C) groups is 1. The average Bonchev–Trinajstić information content (AvgIpc) is 2.90. The molecule has 2 heteroatoms. The molecule has 4 aromatic carbocycles. The minimum atomic E-state index is 0.772. The fourth-order valence-corrected chi connectivity index (χ4v) is 3.97. The van der Waals surface area contributed by atoms with Crippen molar-refractivity contribution in [2.24, 2.45) is 4.99 Å². The molecule has 0 radical (unpaired) electrons. The van der Waals surface area contributed by atoms with Gasteiger partial charge in [0.15, 0.2) is 0 Å². The number of hydrogen-bond acceptors (Lipinski definition) is 2. The average molecular weight is 443 g/mol. The van der Waals surface area contributed by atoms with Gasteiger partial charge in [0, 0.05) is 11.3 Å². The second kappa shape index (κ2) is 10.6. The van der Waals surface area contributed by atoms with Gasteiger partial charge in [0.1, 0.15) is 0 Å². The maximum atomic E-state index is 5.84. The van der Waals surface area contributed by atoms with Crippen molar-refractivity contribution in [2.75, 3.05) is 5.73 Å². The molecule has 0 spiro atoms. The van der Waals surface area contributed by atoms with E-state index in [2.05, 4.69) is 92.7 Å². The minimum absolute atomic E-state index is 0.772. The summed E-state index contributed by atoms with van der Waals surface area (Å²) in [6.07, 6.45) is 2.08. The Morgan fingerprint density at radius 1 is 0.618 bits per heavy atom. The highest BCUT2D eigenvalue weighted by Crippen LogP contribution is 2.27. The predicted molar refractivity (Wildman–Crippen MR) is 148 cm³/mol. The summed E-state index contributed by atoms with van der Waals surface area (Å²) in [6, 6.07) is 37.4. The molecule has 0 bridgehead atoms. The van der Waals surface area contributed by atoms with Gasteiger partial charge >= 0.3 is 0 Å². The number of nitrogens with zero attached hydrogens (tertiary/aromatic N) is 1. The van der Waals surface area contributed by atoms with Crippen LogP contribution in [0.4, 0.5) is 5.69 Å². The van der Waals surface area contributed by atoms with Gasteiger partial charge in [-0.2, -0.15) is 0 Å². The van der Waals surface area contributed by atoms with Crippen molar-refractivity contribution in [1.29, 1.82) is 0 Å². The Balaban J connectivity index is 1.75. The van der Waals surface area contributed by atoms with E-state index in [4.69, 9.17) is 10.7 Å². The molecule has 2 N–H and O–H groups in total. The summed E-state index contributed by atoms with van der Waals surface area (Å²) >= 11 is 0. The van der Waals surface area contributed by atoms with Crippen LogP contribution in [-0.4, -0.2) is 5.71 Å². The topological polar surface area (TPSA) is 38.4 Å². The van der Waals surface area contributed by atoms with Crippen molar-refractivity contribution < 1.29 is 0 Å². The second-order valence-electron chi connectivity index (χ2n) is 8.32. The van der Waals surface area contributed by atoms with Gasteiger partial charge in [0.05, 0.1) is 11.4 Å². The van der Waals surface area contributed by atoms with Crippen molar-refractivity contribution in [3.63, 3.8) is 0 Å². The monoisotopic (exact) mass is 442 g/mol. The summed E-state index contributed by atoms with van der Waals surface area (Å²) in [5.74, 6) is 0. The van der Waals surface area contributed by atoms with Crippen molar-refractivity contribution in [3.05, 3.63) is 138 Å². The molecule has 2 nitrogen and oxygen atoms in total. The summed E-state index contributed by atoms with van der Waals surface area (Å²) in [4.78, 5) is 5.20. The van der Waals surface area contributed by atoms with E-state index in [1.807, 2.05) is 43.3 Å². The molecular formula is C32H30N2. The Hall–Kier alpha value is -4.17. The lowest BCUT2D eigenvalue weighted by atomic mass is 9.95. The number of allylic oxidation sites excluding steroid dienone is 3. The molecule has 0 heterocycles. The molecule has 0 aromatic heterocycles. The molecule has 0 aliphatic heterocycles. The minimum Gasteiger partial charge on any atom is -0.399 e. The van der Waals surface area contributed by atoms with Gasteiger partial charge in [-0.05, 0) is 66.3 Å². The highest BCUT2D eigenvalue weighted by atomic mass is 14.8. The quantitative estimate of drug-likeness (QED) is 0.237. The van der Waals surface area contributed by atoms with Gasteiger partial charge in [0.25, 0.3) is 0 Å². The number of rotatable bonds is 6. The van der Waals surface area contributed by atoms with Crippen LogP contribution in [0.5, 0.6) is 0 Å². The highest BCUT2D eigenvalue weighted by Gasteiger charge is 2.12. The lowest BCUT2D eigenvalue weighted by Gasteiger charge is -2.14. The molecule has 4 rings (SSSR count). The first-order chi connectivity index (χ1) is 16.6. The Morgan fingerprint density at radius 2 is 1.12 bits per heavy atom. The molecule has 0 saturated carbocycles. The van der Waals surface area contributed by atoms with Crippen LogP contribution < -0.4 is 5.73 Å². The normalized spacial score (nSPS) is 12.9. The maximum Gasteiger partial charge on any atom is 0.0741 e. The van der Waals surface area contributed by atoms with Crippen LogP contribution in [0, 0.1) is 0 Å². The summed E-state index contributed by atoms with van der Waals surface area (Å²) in [7, 11) is 0.